The maximum atomic E-state index is 12.5. The van der Waals surface area contributed by atoms with Gasteiger partial charge in [0.25, 0.3) is 0 Å². The molecule has 6 nitrogen and oxygen atoms in total. The molecule has 0 saturated heterocycles. The van der Waals surface area contributed by atoms with Crippen LogP contribution in [-0.4, -0.2) is 44.0 Å². The minimum Gasteiger partial charge on any atom is -0.496 e. The Morgan fingerprint density at radius 3 is 2.62 bits per heavy atom. The number of hydrogen-bond acceptors (Lipinski definition) is 4. The van der Waals surface area contributed by atoms with Crippen molar-refractivity contribution in [2.24, 2.45) is 0 Å². The number of rotatable bonds is 4. The highest BCUT2D eigenvalue weighted by atomic mass is 32.2. The van der Waals surface area contributed by atoms with Crippen LogP contribution in [0, 0.1) is 0 Å². The minimum atomic E-state index is -3.70. The average molecular weight is 311 g/mol. The highest BCUT2D eigenvalue weighted by Crippen LogP contribution is 2.26. The molecule has 1 aliphatic rings. The van der Waals surface area contributed by atoms with Crippen LogP contribution >= 0.6 is 0 Å². The van der Waals surface area contributed by atoms with Crippen LogP contribution in [0.5, 0.6) is 5.75 Å². The standard InChI is InChI=1S/C14H17NO5S/c1-10-5-7-15(8-6-10)21(18,19)11-3-4-13(20-2)12(9-11)14(16)17/h3-5,9H,6-8H2,1-2H3,(H,16,17). The van der Waals surface area contributed by atoms with E-state index in [-0.39, 0.29) is 16.2 Å². The highest BCUT2D eigenvalue weighted by molar-refractivity contribution is 7.89. The quantitative estimate of drug-likeness (QED) is 0.856. The van der Waals surface area contributed by atoms with E-state index in [4.69, 9.17) is 9.84 Å². The van der Waals surface area contributed by atoms with Crippen LogP contribution in [0.15, 0.2) is 34.7 Å². The SMILES string of the molecule is COc1ccc(S(=O)(=O)N2CC=C(C)CC2)cc1C(=O)O. The van der Waals surface area contributed by atoms with E-state index in [1.807, 2.05) is 13.0 Å². The number of carboxylic acid groups (broad SMARTS) is 1. The molecule has 1 N–H and O–H groups in total. The first kappa shape index (κ1) is 15.5. The van der Waals surface area contributed by atoms with Crippen LogP contribution in [-0.2, 0) is 10.0 Å². The number of carboxylic acids is 1. The molecule has 21 heavy (non-hydrogen) atoms. The summed E-state index contributed by atoms with van der Waals surface area (Å²) in [5.41, 5.74) is 0.990. The number of carbonyl (C=O) groups is 1. The predicted molar refractivity (Wildman–Crippen MR) is 77.1 cm³/mol. The second-order valence-electron chi connectivity index (χ2n) is 4.83. The molecule has 1 aliphatic heterocycles. The number of ether oxygens (including phenoxy) is 1. The van der Waals surface area contributed by atoms with Crippen LogP contribution in [0.3, 0.4) is 0 Å². The first-order valence-electron chi connectivity index (χ1n) is 6.43. The van der Waals surface area contributed by atoms with Gasteiger partial charge in [0.05, 0.1) is 12.0 Å². The highest BCUT2D eigenvalue weighted by Gasteiger charge is 2.27. The van der Waals surface area contributed by atoms with Crippen molar-refractivity contribution in [1.82, 2.24) is 4.31 Å². The van der Waals surface area contributed by atoms with E-state index >= 15 is 0 Å². The molecule has 0 unspecified atom stereocenters. The molecular weight excluding hydrogens is 294 g/mol. The lowest BCUT2D eigenvalue weighted by Gasteiger charge is -2.25. The van der Waals surface area contributed by atoms with Crippen LogP contribution in [0.2, 0.25) is 0 Å². The number of hydrogen-bond donors (Lipinski definition) is 1. The molecule has 0 radical (unpaired) electrons. The number of nitrogens with zero attached hydrogens (tertiary/aromatic N) is 1. The van der Waals surface area contributed by atoms with Gasteiger partial charge in [-0.25, -0.2) is 13.2 Å². The van der Waals surface area contributed by atoms with Gasteiger partial charge in [-0.3, -0.25) is 0 Å². The van der Waals surface area contributed by atoms with E-state index in [1.165, 1.54) is 23.5 Å². The van der Waals surface area contributed by atoms with Crippen LogP contribution in [0.25, 0.3) is 0 Å². The second kappa shape index (κ2) is 5.87. The summed E-state index contributed by atoms with van der Waals surface area (Å²) in [6.45, 7) is 2.67. The average Bonchev–Trinajstić information content (AvgIpc) is 2.46. The van der Waals surface area contributed by atoms with Crippen molar-refractivity contribution < 1.29 is 23.1 Å². The van der Waals surface area contributed by atoms with Gasteiger partial charge in [0.2, 0.25) is 10.0 Å². The van der Waals surface area contributed by atoms with E-state index in [0.29, 0.717) is 19.5 Å². The fourth-order valence-corrected chi connectivity index (χ4v) is 3.54. The zero-order valence-corrected chi connectivity index (χ0v) is 12.7. The summed E-state index contributed by atoms with van der Waals surface area (Å²) >= 11 is 0. The summed E-state index contributed by atoms with van der Waals surface area (Å²) in [5, 5.41) is 9.13. The minimum absolute atomic E-state index is 0.0337. The van der Waals surface area contributed by atoms with Gasteiger partial charge in [-0.1, -0.05) is 11.6 Å². The number of benzene rings is 1. The maximum Gasteiger partial charge on any atom is 0.339 e. The van der Waals surface area contributed by atoms with Crippen LogP contribution < -0.4 is 4.74 Å². The van der Waals surface area contributed by atoms with Crippen molar-refractivity contribution in [2.75, 3.05) is 20.2 Å². The van der Waals surface area contributed by atoms with Crippen molar-refractivity contribution in [1.29, 1.82) is 0 Å². The lowest BCUT2D eigenvalue weighted by atomic mass is 10.1. The molecule has 114 valence electrons. The fraction of sp³-hybridized carbons (Fsp3) is 0.357. The molecule has 1 heterocycles. The number of methoxy groups -OCH3 is 1. The van der Waals surface area contributed by atoms with Gasteiger partial charge >= 0.3 is 5.97 Å². The first-order valence-corrected chi connectivity index (χ1v) is 7.87. The van der Waals surface area contributed by atoms with Gasteiger partial charge in [0.1, 0.15) is 11.3 Å². The van der Waals surface area contributed by atoms with Crippen molar-refractivity contribution in [2.45, 2.75) is 18.2 Å². The molecule has 0 aromatic heterocycles. The van der Waals surface area contributed by atoms with Crippen LogP contribution in [0.4, 0.5) is 0 Å². The second-order valence-corrected chi connectivity index (χ2v) is 6.77. The molecule has 0 saturated carbocycles. The Morgan fingerprint density at radius 1 is 1.38 bits per heavy atom. The van der Waals surface area contributed by atoms with Crippen molar-refractivity contribution >= 4 is 16.0 Å². The fourth-order valence-electron chi connectivity index (χ4n) is 2.13. The summed E-state index contributed by atoms with van der Waals surface area (Å²) in [4.78, 5) is 11.1. The summed E-state index contributed by atoms with van der Waals surface area (Å²) in [6, 6.07) is 3.87. The van der Waals surface area contributed by atoms with E-state index in [0.717, 1.165) is 11.6 Å². The Labute approximate surface area is 123 Å². The van der Waals surface area contributed by atoms with Gasteiger partial charge in [0.15, 0.2) is 0 Å². The normalized spacial score (nSPS) is 16.4. The van der Waals surface area contributed by atoms with Crippen molar-refractivity contribution in [3.8, 4) is 5.75 Å². The number of sulfonamides is 1. The third-order valence-electron chi connectivity index (χ3n) is 3.44. The predicted octanol–water partition coefficient (Wildman–Crippen LogP) is 1.73. The van der Waals surface area contributed by atoms with Gasteiger partial charge < -0.3 is 9.84 Å². The summed E-state index contributed by atoms with van der Waals surface area (Å²) < 4.78 is 31.3. The van der Waals surface area contributed by atoms with E-state index < -0.39 is 16.0 Å². The summed E-state index contributed by atoms with van der Waals surface area (Å²) in [5.74, 6) is -1.09. The van der Waals surface area contributed by atoms with Gasteiger partial charge in [-0.2, -0.15) is 4.31 Å². The van der Waals surface area contributed by atoms with Crippen LogP contribution in [0.1, 0.15) is 23.7 Å². The Kier molecular flexibility index (Phi) is 4.34. The molecule has 1 aromatic rings. The first-order chi connectivity index (χ1) is 9.86. The third kappa shape index (κ3) is 3.08. The Hall–Kier alpha value is -1.86. The van der Waals surface area contributed by atoms with E-state index in [1.54, 1.807) is 0 Å². The molecular formula is C14H17NO5S. The lowest BCUT2D eigenvalue weighted by molar-refractivity contribution is 0.0693. The van der Waals surface area contributed by atoms with Gasteiger partial charge in [0, 0.05) is 13.1 Å². The Balaban J connectivity index is 2.41. The molecule has 2 rings (SSSR count). The monoisotopic (exact) mass is 311 g/mol. The smallest absolute Gasteiger partial charge is 0.339 e. The van der Waals surface area contributed by atoms with Crippen molar-refractivity contribution in [3.05, 3.63) is 35.4 Å². The van der Waals surface area contributed by atoms with Gasteiger partial charge in [-0.05, 0) is 31.5 Å². The number of aromatic carboxylic acids is 1. The van der Waals surface area contributed by atoms with E-state index in [9.17, 15) is 13.2 Å². The molecule has 0 bridgehead atoms. The Bertz CT molecular complexity index is 693. The zero-order valence-electron chi connectivity index (χ0n) is 11.9. The molecule has 0 aliphatic carbocycles. The van der Waals surface area contributed by atoms with Gasteiger partial charge in [-0.15, -0.1) is 0 Å². The summed E-state index contributed by atoms with van der Waals surface area (Å²) in [6.07, 6.45) is 2.55. The largest absolute Gasteiger partial charge is 0.496 e. The Morgan fingerprint density at radius 2 is 2.10 bits per heavy atom. The van der Waals surface area contributed by atoms with E-state index in [2.05, 4.69) is 0 Å². The summed E-state index contributed by atoms with van der Waals surface area (Å²) in [7, 11) is -2.36. The van der Waals surface area contributed by atoms with Crippen molar-refractivity contribution in [3.63, 3.8) is 0 Å². The molecule has 0 fully saturated rings. The maximum absolute atomic E-state index is 12.5. The molecule has 1 aromatic carbocycles. The molecule has 0 amide bonds. The topological polar surface area (TPSA) is 83.9 Å². The zero-order chi connectivity index (χ0) is 15.6. The molecule has 0 atom stereocenters. The third-order valence-corrected chi connectivity index (χ3v) is 5.30. The molecule has 7 heteroatoms. The molecule has 0 spiro atoms. The lowest BCUT2D eigenvalue weighted by Crippen LogP contribution is -2.34.